The largest absolute Gasteiger partial charge is 0.465 e. The molecule has 0 aromatic heterocycles. The van der Waals surface area contributed by atoms with E-state index < -0.39 is 25.6 Å². The lowest BCUT2D eigenvalue weighted by atomic mass is 10.1. The molecule has 4 aromatic rings. The minimum atomic E-state index is -3.08. The van der Waals surface area contributed by atoms with E-state index >= 15 is 0 Å². The lowest BCUT2D eigenvalue weighted by Gasteiger charge is -2.33. The number of sulfone groups is 2. The number of ketones is 1. The standard InChI is InChI=1S/C21H25N3O4S.C21H24N2O5S/c1-16-2-8-19(9-3-16)24(21(26)23-10-12-29(27,28)13-11-23)15-17-4-6-18(7-5-17)20(25)14-22;1-16-3-9-19(10-4-16)23(21(25)22-11-13-29(26,27)14-12-22)15-17-5-7-18(8-6-17)20(24)28-2/h2-9H,10-15,22H2,1H3;3-10H,11-15H2,1-2H3. The predicted octanol–water partition coefficient (Wildman–Crippen LogP) is 4.63. The van der Waals surface area contributed by atoms with Gasteiger partial charge in [0.05, 0.1) is 55.3 Å². The number of rotatable bonds is 9. The number of esters is 1. The van der Waals surface area contributed by atoms with E-state index in [4.69, 9.17) is 10.5 Å². The number of aryl methyl sites for hydroxylation is 2. The summed E-state index contributed by atoms with van der Waals surface area (Å²) in [6, 6.07) is 28.6. The van der Waals surface area contributed by atoms with E-state index in [2.05, 4.69) is 0 Å². The summed E-state index contributed by atoms with van der Waals surface area (Å²) in [5, 5.41) is 0. The van der Waals surface area contributed by atoms with Crippen molar-refractivity contribution >= 4 is 54.9 Å². The van der Waals surface area contributed by atoms with Crippen LogP contribution in [-0.2, 0) is 37.5 Å². The van der Waals surface area contributed by atoms with Gasteiger partial charge < -0.3 is 20.3 Å². The zero-order valence-corrected chi connectivity index (χ0v) is 34.5. The van der Waals surface area contributed by atoms with Crippen LogP contribution in [0, 0.1) is 13.8 Å². The minimum absolute atomic E-state index is 0.0175. The number of urea groups is 2. The van der Waals surface area contributed by atoms with Crippen LogP contribution in [0.5, 0.6) is 0 Å². The van der Waals surface area contributed by atoms with Crippen LogP contribution < -0.4 is 15.5 Å². The van der Waals surface area contributed by atoms with Crippen LogP contribution in [0.2, 0.25) is 0 Å². The SMILES string of the molecule is COC(=O)c1ccc(CN(C(=O)N2CCS(=O)(=O)CC2)c2ccc(C)cc2)cc1.Cc1ccc(N(Cc2ccc(C(=O)CN)cc2)C(=O)N2CCS(=O)(=O)CC2)cc1. The fourth-order valence-electron chi connectivity index (χ4n) is 6.28. The summed E-state index contributed by atoms with van der Waals surface area (Å²) in [7, 11) is -4.82. The molecule has 0 bridgehead atoms. The average molecular weight is 832 g/mol. The Morgan fingerprint density at radius 3 is 1.24 bits per heavy atom. The first-order valence-electron chi connectivity index (χ1n) is 18.7. The van der Waals surface area contributed by atoms with Crippen molar-refractivity contribution in [2.45, 2.75) is 26.9 Å². The number of nitrogens with zero attached hydrogens (tertiary/aromatic N) is 4. The summed E-state index contributed by atoms with van der Waals surface area (Å²) in [6.45, 7) is 5.24. The maximum absolute atomic E-state index is 13.2. The zero-order chi connectivity index (χ0) is 42.0. The molecule has 2 aliphatic rings. The molecular weight excluding hydrogens is 783 g/mol. The number of hydrogen-bond donors (Lipinski definition) is 1. The van der Waals surface area contributed by atoms with Crippen molar-refractivity contribution in [1.29, 1.82) is 0 Å². The van der Waals surface area contributed by atoms with Crippen molar-refractivity contribution in [2.75, 3.05) is 72.6 Å². The first-order valence-corrected chi connectivity index (χ1v) is 22.4. The van der Waals surface area contributed by atoms with Gasteiger partial charge in [0.1, 0.15) is 0 Å². The number of ether oxygens (including phenoxy) is 1. The molecule has 6 rings (SSSR count). The van der Waals surface area contributed by atoms with Crippen molar-refractivity contribution in [1.82, 2.24) is 9.80 Å². The van der Waals surface area contributed by atoms with Gasteiger partial charge in [0.15, 0.2) is 25.5 Å². The zero-order valence-electron chi connectivity index (χ0n) is 32.9. The van der Waals surface area contributed by atoms with Crippen molar-refractivity contribution in [2.24, 2.45) is 5.73 Å². The number of amides is 4. The third kappa shape index (κ3) is 11.7. The number of carbonyl (C=O) groups is 4. The van der Waals surface area contributed by atoms with Crippen LogP contribution in [0.3, 0.4) is 0 Å². The quantitative estimate of drug-likeness (QED) is 0.184. The number of anilines is 2. The number of nitrogens with two attached hydrogens (primary N) is 1. The smallest absolute Gasteiger partial charge is 0.337 e. The monoisotopic (exact) mass is 831 g/mol. The summed E-state index contributed by atoms with van der Waals surface area (Å²) >= 11 is 0. The Morgan fingerprint density at radius 2 is 0.914 bits per heavy atom. The Labute approximate surface area is 340 Å². The minimum Gasteiger partial charge on any atom is -0.465 e. The van der Waals surface area contributed by atoms with Crippen molar-refractivity contribution < 1.29 is 40.8 Å². The molecule has 58 heavy (non-hydrogen) atoms. The molecule has 4 aromatic carbocycles. The number of hydrogen-bond acceptors (Lipinski definition) is 10. The first-order chi connectivity index (χ1) is 27.6. The Balaban J connectivity index is 0.000000221. The molecule has 0 spiro atoms. The Hall–Kier alpha value is -5.58. The lowest BCUT2D eigenvalue weighted by Crippen LogP contribution is -2.49. The van der Waals surface area contributed by atoms with Gasteiger partial charge in [0, 0.05) is 43.1 Å². The summed E-state index contributed by atoms with van der Waals surface area (Å²) in [4.78, 5) is 56.2. The molecule has 2 saturated heterocycles. The van der Waals surface area contributed by atoms with Gasteiger partial charge in [-0.2, -0.15) is 0 Å². The van der Waals surface area contributed by atoms with Crippen LogP contribution >= 0.6 is 0 Å². The van der Waals surface area contributed by atoms with E-state index in [1.165, 1.54) is 7.11 Å². The Bertz CT molecular complexity index is 2110. The lowest BCUT2D eigenvalue weighted by molar-refractivity contribution is 0.0600. The van der Waals surface area contributed by atoms with Crippen LogP contribution in [-0.4, -0.2) is 113 Å². The van der Waals surface area contributed by atoms with Crippen molar-refractivity contribution in [3.8, 4) is 0 Å². The van der Waals surface area contributed by atoms with Gasteiger partial charge in [-0.15, -0.1) is 0 Å². The van der Waals surface area contributed by atoms with Crippen LogP contribution in [0.4, 0.5) is 21.0 Å². The second-order valence-corrected chi connectivity index (χ2v) is 18.8. The number of carbonyl (C=O) groups excluding carboxylic acids is 4. The highest BCUT2D eigenvalue weighted by Crippen LogP contribution is 2.23. The van der Waals surface area contributed by atoms with Gasteiger partial charge in [0.2, 0.25) is 0 Å². The van der Waals surface area contributed by atoms with Crippen LogP contribution in [0.1, 0.15) is 43.0 Å². The fraction of sp³-hybridized carbons (Fsp3) is 0.333. The van der Waals surface area contributed by atoms with Crippen LogP contribution in [0.15, 0.2) is 97.1 Å². The average Bonchev–Trinajstić information content (AvgIpc) is 3.22. The molecule has 2 fully saturated rings. The molecule has 0 radical (unpaired) electrons. The first kappa shape index (κ1) is 43.5. The molecule has 16 heteroatoms. The number of Topliss-reactive ketones (excluding diaryl/α,β-unsaturated/α-hetero) is 1. The molecule has 0 saturated carbocycles. The summed E-state index contributed by atoms with van der Waals surface area (Å²) < 4.78 is 51.6. The molecule has 2 heterocycles. The summed E-state index contributed by atoms with van der Waals surface area (Å²) in [5.41, 5.74) is 11.7. The molecular formula is C42H49N5O9S2. The van der Waals surface area contributed by atoms with Crippen molar-refractivity contribution in [3.63, 3.8) is 0 Å². The van der Waals surface area contributed by atoms with E-state index in [0.717, 1.165) is 33.6 Å². The number of benzene rings is 4. The van der Waals surface area contributed by atoms with E-state index in [0.29, 0.717) is 24.2 Å². The van der Waals surface area contributed by atoms with Crippen molar-refractivity contribution in [3.05, 3.63) is 130 Å². The normalized spacial score (nSPS) is 15.7. The molecule has 2 aliphatic heterocycles. The second kappa shape index (κ2) is 19.2. The van der Waals surface area contributed by atoms with Gasteiger partial charge in [-0.1, -0.05) is 71.8 Å². The predicted molar refractivity (Wildman–Crippen MR) is 224 cm³/mol. The molecule has 2 N–H and O–H groups in total. The topological polar surface area (TPSA) is 185 Å². The molecule has 0 aliphatic carbocycles. The van der Waals surface area contributed by atoms with Gasteiger partial charge in [-0.3, -0.25) is 14.6 Å². The molecule has 308 valence electrons. The van der Waals surface area contributed by atoms with E-state index in [-0.39, 0.29) is 73.6 Å². The van der Waals surface area contributed by atoms with Crippen LogP contribution in [0.25, 0.3) is 0 Å². The molecule has 4 amide bonds. The molecule has 14 nitrogen and oxygen atoms in total. The van der Waals surface area contributed by atoms with E-state index in [9.17, 15) is 36.0 Å². The Kier molecular flexibility index (Phi) is 14.4. The maximum atomic E-state index is 13.2. The number of methoxy groups -OCH3 is 1. The molecule has 0 atom stereocenters. The van der Waals surface area contributed by atoms with Gasteiger partial charge in [-0.05, 0) is 61.4 Å². The molecule has 0 unspecified atom stereocenters. The highest BCUT2D eigenvalue weighted by molar-refractivity contribution is 7.91. The summed E-state index contributed by atoms with van der Waals surface area (Å²) in [5.74, 6) is -0.634. The van der Waals surface area contributed by atoms with Gasteiger partial charge >= 0.3 is 18.0 Å². The second-order valence-electron chi connectivity index (χ2n) is 14.2. The third-order valence-electron chi connectivity index (χ3n) is 9.90. The Morgan fingerprint density at radius 1 is 0.569 bits per heavy atom. The maximum Gasteiger partial charge on any atom is 0.337 e. The third-order valence-corrected chi connectivity index (χ3v) is 13.1. The van der Waals surface area contributed by atoms with Gasteiger partial charge in [-0.25, -0.2) is 31.2 Å². The van der Waals surface area contributed by atoms with E-state index in [1.54, 1.807) is 68.1 Å². The van der Waals surface area contributed by atoms with Gasteiger partial charge in [0.25, 0.3) is 0 Å². The highest BCUT2D eigenvalue weighted by atomic mass is 32.2. The fourth-order valence-corrected chi connectivity index (χ4v) is 8.68. The highest BCUT2D eigenvalue weighted by Gasteiger charge is 2.30. The summed E-state index contributed by atoms with van der Waals surface area (Å²) in [6.07, 6.45) is 0. The van der Waals surface area contributed by atoms with E-state index in [1.807, 2.05) is 62.4 Å².